The highest BCUT2D eigenvalue weighted by atomic mass is 16.8. The summed E-state index contributed by atoms with van der Waals surface area (Å²) in [4.78, 5) is 13.1. The molecule has 0 bridgehead atoms. The van der Waals surface area contributed by atoms with Gasteiger partial charge in [-0.25, -0.2) is 4.79 Å². The fourth-order valence-corrected chi connectivity index (χ4v) is 6.63. The predicted octanol–water partition coefficient (Wildman–Crippen LogP) is -8.65. The first kappa shape index (κ1) is 43.4. The molecule has 4 aliphatic rings. The second-order valence-corrected chi connectivity index (χ2v) is 13.2. The molecule has 0 amide bonds. The molecule has 0 saturated carbocycles. The van der Waals surface area contributed by atoms with Gasteiger partial charge in [0, 0.05) is 19.4 Å². The lowest BCUT2D eigenvalue weighted by molar-refractivity contribution is -0.390. The average Bonchev–Trinajstić information content (AvgIpc) is 3.13. The van der Waals surface area contributed by atoms with E-state index in [0.717, 1.165) is 7.11 Å². The van der Waals surface area contributed by atoms with Crippen LogP contribution in [-0.4, -0.2) is 228 Å². The number of nitrogens with two attached hydrogens (primary N) is 1. The Labute approximate surface area is 296 Å². The van der Waals surface area contributed by atoms with E-state index in [9.17, 15) is 71.2 Å². The summed E-state index contributed by atoms with van der Waals surface area (Å²) in [5, 5.41) is 135. The van der Waals surface area contributed by atoms with Crippen LogP contribution in [0.3, 0.4) is 0 Å². The van der Waals surface area contributed by atoms with Gasteiger partial charge < -0.3 is 110 Å². The van der Waals surface area contributed by atoms with Gasteiger partial charge in [0.05, 0.1) is 44.7 Å². The molecular formula is C29H51NO22. The third-order valence-electron chi connectivity index (χ3n) is 9.84. The first-order valence-electron chi connectivity index (χ1n) is 16.5. The molecule has 21 atom stereocenters. The number of methoxy groups -OCH3 is 1. The maximum absolute atomic E-state index is 13.1. The zero-order valence-corrected chi connectivity index (χ0v) is 28.1. The van der Waals surface area contributed by atoms with E-state index in [2.05, 4.69) is 0 Å². The van der Waals surface area contributed by atoms with Crippen molar-refractivity contribution in [2.24, 2.45) is 11.7 Å². The summed E-state index contributed by atoms with van der Waals surface area (Å²) in [7, 11) is 1.16. The van der Waals surface area contributed by atoms with Crippen molar-refractivity contribution in [3.63, 3.8) is 0 Å². The number of carboxylic acid groups (broad SMARTS) is 1. The summed E-state index contributed by atoms with van der Waals surface area (Å²) < 4.78 is 44.5. The molecule has 0 aromatic heterocycles. The molecule has 0 aliphatic carbocycles. The summed E-state index contributed by atoms with van der Waals surface area (Å²) in [5.41, 5.74) is 6.33. The Kier molecular flexibility index (Phi) is 15.1. The quantitative estimate of drug-likeness (QED) is 0.0780. The summed E-state index contributed by atoms with van der Waals surface area (Å²) in [6.07, 6.45) is -32.5. The molecule has 304 valence electrons. The van der Waals surface area contributed by atoms with Crippen LogP contribution in [-0.2, 0) is 42.7 Å². The summed E-state index contributed by atoms with van der Waals surface area (Å²) >= 11 is 0. The van der Waals surface area contributed by atoms with E-state index >= 15 is 0 Å². The van der Waals surface area contributed by atoms with Gasteiger partial charge in [-0.2, -0.15) is 0 Å². The Hall–Kier alpha value is -1.37. The van der Waals surface area contributed by atoms with Crippen LogP contribution >= 0.6 is 0 Å². The molecule has 23 nitrogen and oxygen atoms in total. The van der Waals surface area contributed by atoms with E-state index < -0.39 is 167 Å². The van der Waals surface area contributed by atoms with Crippen molar-refractivity contribution in [3.8, 4) is 0 Å². The monoisotopic (exact) mass is 765 g/mol. The highest BCUT2D eigenvalue weighted by Gasteiger charge is 2.60. The van der Waals surface area contributed by atoms with Crippen LogP contribution in [0.15, 0.2) is 0 Å². The summed E-state index contributed by atoms with van der Waals surface area (Å²) in [6.45, 7) is -2.20. The zero-order valence-electron chi connectivity index (χ0n) is 28.1. The average molecular weight is 766 g/mol. The third kappa shape index (κ3) is 8.54. The van der Waals surface area contributed by atoms with E-state index in [0.29, 0.717) is 0 Å². The van der Waals surface area contributed by atoms with Crippen LogP contribution in [0.25, 0.3) is 0 Å². The number of aliphatic carboxylic acids is 1. The normalized spacial score (nSPS) is 48.6. The van der Waals surface area contributed by atoms with Crippen molar-refractivity contribution < 1.29 is 109 Å². The van der Waals surface area contributed by atoms with E-state index in [1.807, 2.05) is 0 Å². The van der Waals surface area contributed by atoms with Crippen LogP contribution in [0.4, 0.5) is 0 Å². The van der Waals surface area contributed by atoms with Gasteiger partial charge in [-0.3, -0.25) is 0 Å². The number of ether oxygens (including phenoxy) is 8. The Bertz CT molecular complexity index is 1140. The molecule has 4 aliphatic heterocycles. The van der Waals surface area contributed by atoms with E-state index in [4.69, 9.17) is 43.6 Å². The van der Waals surface area contributed by atoms with Gasteiger partial charge in [0.2, 0.25) is 0 Å². The maximum Gasteiger partial charge on any atom is 0.364 e. The Balaban J connectivity index is 1.68. The summed E-state index contributed by atoms with van der Waals surface area (Å²) in [6, 6.07) is -1.55. The second kappa shape index (κ2) is 18.1. The van der Waals surface area contributed by atoms with Crippen molar-refractivity contribution in [1.82, 2.24) is 0 Å². The molecule has 4 rings (SSSR count). The third-order valence-corrected chi connectivity index (χ3v) is 9.84. The smallest absolute Gasteiger partial charge is 0.364 e. The maximum atomic E-state index is 13.1. The molecule has 4 heterocycles. The number of carboxylic acids is 1. The van der Waals surface area contributed by atoms with Crippen LogP contribution in [0.2, 0.25) is 0 Å². The largest absolute Gasteiger partial charge is 0.477 e. The van der Waals surface area contributed by atoms with Crippen molar-refractivity contribution in [3.05, 3.63) is 0 Å². The van der Waals surface area contributed by atoms with Gasteiger partial charge in [0.25, 0.3) is 5.79 Å². The molecule has 0 spiro atoms. The minimum Gasteiger partial charge on any atom is -0.477 e. The number of hydrogen-bond acceptors (Lipinski definition) is 22. The first-order chi connectivity index (χ1) is 24.5. The molecule has 4 saturated heterocycles. The van der Waals surface area contributed by atoms with Gasteiger partial charge in [-0.05, 0) is 0 Å². The van der Waals surface area contributed by atoms with E-state index in [-0.39, 0.29) is 0 Å². The lowest BCUT2D eigenvalue weighted by Gasteiger charge is -2.51. The fourth-order valence-electron chi connectivity index (χ4n) is 6.63. The van der Waals surface area contributed by atoms with E-state index in [1.54, 1.807) is 0 Å². The van der Waals surface area contributed by atoms with Crippen LogP contribution in [0.5, 0.6) is 0 Å². The van der Waals surface area contributed by atoms with Gasteiger partial charge >= 0.3 is 5.97 Å². The number of aliphatic hydroxyl groups is 12. The fraction of sp³-hybridized carbons (Fsp3) is 0.966. The van der Waals surface area contributed by atoms with Crippen molar-refractivity contribution in [1.29, 1.82) is 0 Å². The molecule has 0 aromatic carbocycles. The van der Waals surface area contributed by atoms with Gasteiger partial charge in [0.15, 0.2) is 18.9 Å². The summed E-state index contributed by atoms with van der Waals surface area (Å²) in [5.74, 6) is -6.04. The standard InChI is InChI=1S/C29H51NO22/c1-8-15(36)17(38)11(5-32)47-25(8)46-10-3-29(28(43)44,51-23(14(10)30)16(37)9(35)4-31)52-24-18(39)12(6-33)48-27(21(24)42)50-22-13(7-34)49-26(45-2)20(41)19(22)40/h8-27,31-42H,3-7,30H2,1-2H3,(H,43,44)/t8-,9+,10+,11?,12?,13?,14+,15?,16+,17-,18-,19?,20-,21-,22+,23?,24?,25+,26+,27-,29-/m0/s1. The van der Waals surface area contributed by atoms with Crippen molar-refractivity contribution in [2.45, 2.75) is 136 Å². The molecule has 15 N–H and O–H groups in total. The number of hydrogen-bond donors (Lipinski definition) is 14. The van der Waals surface area contributed by atoms with Crippen LogP contribution in [0.1, 0.15) is 13.3 Å². The van der Waals surface area contributed by atoms with Gasteiger partial charge in [-0.15, -0.1) is 0 Å². The zero-order chi connectivity index (χ0) is 38.8. The Morgan fingerprint density at radius 3 is 1.90 bits per heavy atom. The SMILES string of the molecule is CO[C@@H]1OC(CO)[C@@H](O[C@@H]2OC(CO)[C@H](O)C(O[C@]3(C(=O)O)C[C@@H](O[C@@H]4OC(CO)[C@H](O)C(O)[C@@H]4C)[C@@H](N)C([C@H](O)[C@H](O)CO)O3)[C@@H]2O)C(O)[C@@H]1O. The second-order valence-electron chi connectivity index (χ2n) is 13.2. The Morgan fingerprint density at radius 2 is 1.35 bits per heavy atom. The molecule has 4 fully saturated rings. The highest BCUT2D eigenvalue weighted by Crippen LogP contribution is 2.40. The Morgan fingerprint density at radius 1 is 0.769 bits per heavy atom. The van der Waals surface area contributed by atoms with Crippen molar-refractivity contribution >= 4 is 5.97 Å². The molecule has 0 radical (unpaired) electrons. The number of aliphatic hydroxyl groups excluding tert-OH is 12. The van der Waals surface area contributed by atoms with Crippen LogP contribution in [0, 0.1) is 5.92 Å². The molecular weight excluding hydrogens is 714 g/mol. The lowest BCUT2D eigenvalue weighted by atomic mass is 9.87. The molecule has 23 heteroatoms. The van der Waals surface area contributed by atoms with Crippen molar-refractivity contribution in [2.75, 3.05) is 33.5 Å². The predicted molar refractivity (Wildman–Crippen MR) is 161 cm³/mol. The number of rotatable bonds is 14. The molecule has 0 aromatic rings. The van der Waals surface area contributed by atoms with E-state index in [1.165, 1.54) is 6.92 Å². The number of carbonyl (C=O) groups is 1. The topological polar surface area (TPSA) is 380 Å². The highest BCUT2D eigenvalue weighted by molar-refractivity contribution is 5.76. The minimum atomic E-state index is -3.05. The lowest BCUT2D eigenvalue weighted by Crippen LogP contribution is -2.71. The van der Waals surface area contributed by atoms with Gasteiger partial charge in [0.1, 0.15) is 79.4 Å². The molecule has 7 unspecified atom stereocenters. The minimum absolute atomic E-state index is 0.763. The first-order valence-corrected chi connectivity index (χ1v) is 16.5. The molecule has 52 heavy (non-hydrogen) atoms. The van der Waals surface area contributed by atoms with Crippen LogP contribution < -0.4 is 5.73 Å². The van der Waals surface area contributed by atoms with Gasteiger partial charge in [-0.1, -0.05) is 6.92 Å².